The molecular formula is C11H13N3S. The van der Waals surface area contributed by atoms with Crippen molar-refractivity contribution in [3.63, 3.8) is 0 Å². The standard InChI is InChI=1S/C11H13N3S/c1-13-9-4-2-3-8(5-9)11-14-7-10(6-12)15-11/h2-5,7,13H,6,12H2,1H3. The summed E-state index contributed by atoms with van der Waals surface area (Å²) in [4.78, 5) is 5.45. The van der Waals surface area contributed by atoms with Gasteiger partial charge in [-0.1, -0.05) is 12.1 Å². The first-order valence-corrected chi connectivity index (χ1v) is 5.58. The molecule has 0 saturated carbocycles. The van der Waals surface area contributed by atoms with Crippen LogP contribution in [-0.4, -0.2) is 12.0 Å². The molecule has 3 N–H and O–H groups in total. The second-order valence-electron chi connectivity index (χ2n) is 3.17. The molecule has 4 heteroatoms. The number of hydrogen-bond acceptors (Lipinski definition) is 4. The van der Waals surface area contributed by atoms with Gasteiger partial charge in [-0.15, -0.1) is 11.3 Å². The van der Waals surface area contributed by atoms with Gasteiger partial charge >= 0.3 is 0 Å². The summed E-state index contributed by atoms with van der Waals surface area (Å²) in [5.41, 5.74) is 7.78. The average Bonchev–Trinajstić information content (AvgIpc) is 2.78. The first-order chi connectivity index (χ1) is 7.33. The lowest BCUT2D eigenvalue weighted by Crippen LogP contribution is -1.91. The number of nitrogens with one attached hydrogen (secondary N) is 1. The number of anilines is 1. The highest BCUT2D eigenvalue weighted by Crippen LogP contribution is 2.26. The van der Waals surface area contributed by atoms with Crippen LogP contribution in [0, 0.1) is 0 Å². The van der Waals surface area contributed by atoms with E-state index in [1.54, 1.807) is 11.3 Å². The van der Waals surface area contributed by atoms with E-state index < -0.39 is 0 Å². The van der Waals surface area contributed by atoms with Crippen molar-refractivity contribution in [1.29, 1.82) is 0 Å². The third-order valence-corrected chi connectivity index (χ3v) is 3.22. The lowest BCUT2D eigenvalue weighted by atomic mass is 10.2. The van der Waals surface area contributed by atoms with Gasteiger partial charge in [0.15, 0.2) is 0 Å². The highest BCUT2D eigenvalue weighted by atomic mass is 32.1. The van der Waals surface area contributed by atoms with Crippen molar-refractivity contribution in [2.75, 3.05) is 12.4 Å². The van der Waals surface area contributed by atoms with E-state index in [2.05, 4.69) is 22.4 Å². The van der Waals surface area contributed by atoms with Gasteiger partial charge in [-0.2, -0.15) is 0 Å². The van der Waals surface area contributed by atoms with E-state index in [1.165, 1.54) is 0 Å². The number of thiazole rings is 1. The minimum atomic E-state index is 0.559. The topological polar surface area (TPSA) is 50.9 Å². The van der Waals surface area contributed by atoms with E-state index in [4.69, 9.17) is 5.73 Å². The molecule has 0 spiro atoms. The van der Waals surface area contributed by atoms with E-state index in [1.807, 2.05) is 25.4 Å². The van der Waals surface area contributed by atoms with Gasteiger partial charge in [0.1, 0.15) is 5.01 Å². The highest BCUT2D eigenvalue weighted by Gasteiger charge is 2.03. The van der Waals surface area contributed by atoms with Crippen LogP contribution in [0.4, 0.5) is 5.69 Å². The highest BCUT2D eigenvalue weighted by molar-refractivity contribution is 7.15. The van der Waals surface area contributed by atoms with Crippen molar-refractivity contribution in [3.05, 3.63) is 35.3 Å². The summed E-state index contributed by atoms with van der Waals surface area (Å²) in [6, 6.07) is 8.19. The van der Waals surface area contributed by atoms with E-state index in [-0.39, 0.29) is 0 Å². The Bertz CT molecular complexity index is 451. The van der Waals surface area contributed by atoms with Gasteiger partial charge in [-0.05, 0) is 12.1 Å². The molecule has 3 nitrogen and oxygen atoms in total. The van der Waals surface area contributed by atoms with Gasteiger partial charge in [-0.25, -0.2) is 4.98 Å². The number of rotatable bonds is 3. The van der Waals surface area contributed by atoms with Crippen molar-refractivity contribution >= 4 is 17.0 Å². The maximum Gasteiger partial charge on any atom is 0.123 e. The number of nitrogens with two attached hydrogens (primary N) is 1. The Morgan fingerprint density at radius 2 is 2.33 bits per heavy atom. The number of aromatic nitrogens is 1. The third-order valence-electron chi connectivity index (χ3n) is 2.15. The van der Waals surface area contributed by atoms with Crippen LogP contribution in [0.2, 0.25) is 0 Å². The lowest BCUT2D eigenvalue weighted by Gasteiger charge is -2.01. The Balaban J connectivity index is 2.35. The monoisotopic (exact) mass is 219 g/mol. The summed E-state index contributed by atoms with van der Waals surface area (Å²) in [7, 11) is 1.91. The van der Waals surface area contributed by atoms with Crippen LogP contribution in [0.25, 0.3) is 10.6 Å². The molecule has 1 aromatic heterocycles. The summed E-state index contributed by atoms with van der Waals surface area (Å²) in [6.07, 6.45) is 1.84. The van der Waals surface area contributed by atoms with Crippen molar-refractivity contribution in [2.45, 2.75) is 6.54 Å². The molecule has 15 heavy (non-hydrogen) atoms. The van der Waals surface area contributed by atoms with Gasteiger partial charge in [-0.3, -0.25) is 0 Å². The summed E-state index contributed by atoms with van der Waals surface area (Å²) in [6.45, 7) is 0.559. The molecule has 0 unspecified atom stereocenters. The molecule has 0 amide bonds. The largest absolute Gasteiger partial charge is 0.388 e. The summed E-state index contributed by atoms with van der Waals surface area (Å²) >= 11 is 1.64. The molecule has 0 saturated heterocycles. The van der Waals surface area contributed by atoms with E-state index in [0.717, 1.165) is 21.1 Å². The first-order valence-electron chi connectivity index (χ1n) is 4.76. The fourth-order valence-electron chi connectivity index (χ4n) is 1.34. The molecule has 2 rings (SSSR count). The van der Waals surface area contributed by atoms with Crippen LogP contribution in [0.1, 0.15) is 4.88 Å². The smallest absolute Gasteiger partial charge is 0.123 e. The summed E-state index contributed by atoms with van der Waals surface area (Å²) in [5.74, 6) is 0. The number of hydrogen-bond donors (Lipinski definition) is 2. The molecule has 1 heterocycles. The SMILES string of the molecule is CNc1cccc(-c2ncc(CN)s2)c1. The van der Waals surface area contributed by atoms with Crippen molar-refractivity contribution in [2.24, 2.45) is 5.73 Å². The van der Waals surface area contributed by atoms with Gasteiger partial charge in [0, 0.05) is 35.9 Å². The van der Waals surface area contributed by atoms with Crippen LogP contribution in [0.15, 0.2) is 30.5 Å². The van der Waals surface area contributed by atoms with E-state index in [9.17, 15) is 0 Å². The third kappa shape index (κ3) is 2.16. The predicted molar refractivity (Wildman–Crippen MR) is 65.0 cm³/mol. The van der Waals surface area contributed by atoms with Crippen LogP contribution >= 0.6 is 11.3 Å². The Labute approximate surface area is 93.0 Å². The predicted octanol–water partition coefficient (Wildman–Crippen LogP) is 2.31. The average molecular weight is 219 g/mol. The molecule has 0 aliphatic heterocycles. The molecule has 78 valence electrons. The minimum absolute atomic E-state index is 0.559. The van der Waals surface area contributed by atoms with E-state index >= 15 is 0 Å². The van der Waals surface area contributed by atoms with Gasteiger partial charge < -0.3 is 11.1 Å². The second-order valence-corrected chi connectivity index (χ2v) is 4.28. The normalized spacial score (nSPS) is 10.3. The first kappa shape index (κ1) is 10.1. The molecule has 0 atom stereocenters. The van der Waals surface area contributed by atoms with Crippen LogP contribution in [-0.2, 0) is 6.54 Å². The Hall–Kier alpha value is -1.39. The number of benzene rings is 1. The van der Waals surface area contributed by atoms with Crippen molar-refractivity contribution < 1.29 is 0 Å². The molecule has 1 aromatic carbocycles. The van der Waals surface area contributed by atoms with Gasteiger partial charge in [0.25, 0.3) is 0 Å². The van der Waals surface area contributed by atoms with E-state index in [0.29, 0.717) is 6.54 Å². The fraction of sp³-hybridized carbons (Fsp3) is 0.182. The number of nitrogens with zero attached hydrogens (tertiary/aromatic N) is 1. The Morgan fingerprint density at radius 3 is 3.00 bits per heavy atom. The maximum atomic E-state index is 5.56. The van der Waals surface area contributed by atoms with Crippen LogP contribution in [0.5, 0.6) is 0 Å². The second kappa shape index (κ2) is 4.42. The zero-order valence-electron chi connectivity index (χ0n) is 8.53. The fourth-order valence-corrected chi connectivity index (χ4v) is 2.13. The molecule has 0 fully saturated rings. The molecule has 0 bridgehead atoms. The zero-order chi connectivity index (χ0) is 10.7. The molecule has 0 radical (unpaired) electrons. The lowest BCUT2D eigenvalue weighted by molar-refractivity contribution is 1.10. The van der Waals surface area contributed by atoms with Crippen LogP contribution < -0.4 is 11.1 Å². The van der Waals surface area contributed by atoms with Gasteiger partial charge in [0.05, 0.1) is 0 Å². The van der Waals surface area contributed by atoms with Gasteiger partial charge in [0.2, 0.25) is 0 Å². The Morgan fingerprint density at radius 1 is 1.47 bits per heavy atom. The molecule has 2 aromatic rings. The molecule has 0 aliphatic carbocycles. The van der Waals surface area contributed by atoms with Crippen molar-refractivity contribution in [1.82, 2.24) is 4.98 Å². The molecule has 0 aliphatic rings. The Kier molecular flexibility index (Phi) is 2.99. The zero-order valence-corrected chi connectivity index (χ0v) is 9.34. The molecular weight excluding hydrogens is 206 g/mol. The quantitative estimate of drug-likeness (QED) is 0.833. The summed E-state index contributed by atoms with van der Waals surface area (Å²) in [5, 5.41) is 4.13. The van der Waals surface area contributed by atoms with Crippen LogP contribution in [0.3, 0.4) is 0 Å². The minimum Gasteiger partial charge on any atom is -0.388 e. The maximum absolute atomic E-state index is 5.56. The summed E-state index contributed by atoms with van der Waals surface area (Å²) < 4.78 is 0. The van der Waals surface area contributed by atoms with Crippen molar-refractivity contribution in [3.8, 4) is 10.6 Å².